The molecule has 0 amide bonds. The van der Waals surface area contributed by atoms with Crippen molar-refractivity contribution in [2.75, 3.05) is 30.8 Å². The fraction of sp³-hybridized carbons (Fsp3) is 0.400. The molecule has 4 heteroatoms. The zero-order valence-electron chi connectivity index (χ0n) is 8.29. The maximum atomic E-state index is 5.73. The van der Waals surface area contributed by atoms with Crippen molar-refractivity contribution in [1.29, 1.82) is 0 Å². The largest absolute Gasteiger partial charge is 0.399 e. The van der Waals surface area contributed by atoms with Crippen LogP contribution in [0.3, 0.4) is 0 Å². The number of hydrogen-bond donors (Lipinski definition) is 2. The lowest BCUT2D eigenvalue weighted by Crippen LogP contribution is -2.24. The molecule has 1 aliphatic heterocycles. The van der Waals surface area contributed by atoms with Crippen molar-refractivity contribution in [3.8, 4) is 0 Å². The van der Waals surface area contributed by atoms with Crippen molar-refractivity contribution < 1.29 is 0 Å². The monoisotopic (exact) mass is 213 g/mol. The summed E-state index contributed by atoms with van der Waals surface area (Å²) in [5.74, 6) is 0. The Labute approximate surface area is 90.7 Å². The van der Waals surface area contributed by atoms with Crippen molar-refractivity contribution in [3.05, 3.63) is 23.8 Å². The van der Waals surface area contributed by atoms with Gasteiger partial charge in [-0.3, -0.25) is 0 Å². The molecule has 14 heavy (non-hydrogen) atoms. The van der Waals surface area contributed by atoms with E-state index in [1.54, 1.807) is 0 Å². The zero-order chi connectivity index (χ0) is 9.26. The highest BCUT2D eigenvalue weighted by Gasteiger charge is 2.10. The summed E-state index contributed by atoms with van der Waals surface area (Å²) in [5, 5.41) is 3.36. The van der Waals surface area contributed by atoms with Crippen LogP contribution in [-0.2, 0) is 6.54 Å². The van der Waals surface area contributed by atoms with Crippen LogP contribution in [-0.4, -0.2) is 20.1 Å². The average molecular weight is 214 g/mol. The highest BCUT2D eigenvalue weighted by molar-refractivity contribution is 5.85. The van der Waals surface area contributed by atoms with Crippen LogP contribution in [0.4, 0.5) is 11.4 Å². The Morgan fingerprint density at radius 3 is 3.00 bits per heavy atom. The van der Waals surface area contributed by atoms with E-state index in [4.69, 9.17) is 5.73 Å². The van der Waals surface area contributed by atoms with Gasteiger partial charge in [0.2, 0.25) is 0 Å². The van der Waals surface area contributed by atoms with Gasteiger partial charge in [-0.05, 0) is 23.8 Å². The second-order valence-corrected chi connectivity index (χ2v) is 3.49. The van der Waals surface area contributed by atoms with E-state index in [0.29, 0.717) is 0 Å². The molecule has 0 aromatic heterocycles. The first kappa shape index (κ1) is 11.1. The SMILES string of the molecule is CN1CCNCc2cc(N)ccc21.Cl. The van der Waals surface area contributed by atoms with Gasteiger partial charge < -0.3 is 16.0 Å². The predicted molar refractivity (Wildman–Crippen MR) is 63.1 cm³/mol. The van der Waals surface area contributed by atoms with Gasteiger partial charge in [-0.2, -0.15) is 0 Å². The number of nitrogens with zero attached hydrogens (tertiary/aromatic N) is 1. The Bertz CT molecular complexity index is 314. The molecule has 1 heterocycles. The first-order chi connectivity index (χ1) is 6.27. The van der Waals surface area contributed by atoms with Crippen molar-refractivity contribution in [3.63, 3.8) is 0 Å². The van der Waals surface area contributed by atoms with Crippen LogP contribution < -0.4 is 16.0 Å². The quantitative estimate of drug-likeness (QED) is 0.637. The van der Waals surface area contributed by atoms with E-state index >= 15 is 0 Å². The zero-order valence-corrected chi connectivity index (χ0v) is 9.10. The van der Waals surface area contributed by atoms with E-state index < -0.39 is 0 Å². The number of nitrogens with two attached hydrogens (primary N) is 1. The van der Waals surface area contributed by atoms with Crippen molar-refractivity contribution >= 4 is 23.8 Å². The summed E-state index contributed by atoms with van der Waals surface area (Å²) in [6, 6.07) is 6.10. The van der Waals surface area contributed by atoms with Crippen molar-refractivity contribution in [1.82, 2.24) is 5.32 Å². The van der Waals surface area contributed by atoms with Gasteiger partial charge in [-0.15, -0.1) is 12.4 Å². The molecule has 0 spiro atoms. The number of fused-ring (bicyclic) bond motifs is 1. The van der Waals surface area contributed by atoms with Crippen LogP contribution >= 0.6 is 12.4 Å². The third-order valence-corrected chi connectivity index (χ3v) is 2.45. The Balaban J connectivity index is 0.000000980. The number of nitrogens with one attached hydrogen (secondary N) is 1. The van der Waals surface area contributed by atoms with E-state index in [1.165, 1.54) is 11.3 Å². The Hall–Kier alpha value is -0.930. The Morgan fingerprint density at radius 1 is 1.43 bits per heavy atom. The van der Waals surface area contributed by atoms with Crippen LogP contribution in [0.25, 0.3) is 0 Å². The first-order valence-corrected chi connectivity index (χ1v) is 4.57. The van der Waals surface area contributed by atoms with E-state index in [1.807, 2.05) is 12.1 Å². The summed E-state index contributed by atoms with van der Waals surface area (Å²) in [4.78, 5) is 2.26. The Kier molecular flexibility index (Phi) is 3.61. The third-order valence-electron chi connectivity index (χ3n) is 2.45. The molecule has 2 rings (SSSR count). The second kappa shape index (κ2) is 4.53. The van der Waals surface area contributed by atoms with Gasteiger partial charge in [0.25, 0.3) is 0 Å². The van der Waals surface area contributed by atoms with Gasteiger partial charge in [0, 0.05) is 38.1 Å². The smallest absolute Gasteiger partial charge is 0.0411 e. The van der Waals surface area contributed by atoms with Crippen LogP contribution in [0.1, 0.15) is 5.56 Å². The maximum absolute atomic E-state index is 5.73. The molecule has 0 unspecified atom stereocenters. The van der Waals surface area contributed by atoms with E-state index in [-0.39, 0.29) is 12.4 Å². The second-order valence-electron chi connectivity index (χ2n) is 3.49. The molecule has 0 fully saturated rings. The standard InChI is InChI=1S/C10H15N3.ClH/c1-13-5-4-12-7-8-6-9(11)2-3-10(8)13;/h2-3,6,12H,4-5,7,11H2,1H3;1H. The fourth-order valence-electron chi connectivity index (χ4n) is 1.71. The molecule has 3 N–H and O–H groups in total. The topological polar surface area (TPSA) is 41.3 Å². The molecule has 0 saturated heterocycles. The van der Waals surface area contributed by atoms with Crippen molar-refractivity contribution in [2.24, 2.45) is 0 Å². The Morgan fingerprint density at radius 2 is 2.21 bits per heavy atom. The highest BCUT2D eigenvalue weighted by atomic mass is 35.5. The predicted octanol–water partition coefficient (Wildman–Crippen LogP) is 1.23. The van der Waals surface area contributed by atoms with Gasteiger partial charge in [-0.1, -0.05) is 0 Å². The molecular formula is C10H16ClN3. The number of anilines is 2. The summed E-state index contributed by atoms with van der Waals surface area (Å²) < 4.78 is 0. The molecule has 0 radical (unpaired) electrons. The molecule has 1 aliphatic rings. The lowest BCUT2D eigenvalue weighted by molar-refractivity contribution is 0.707. The minimum atomic E-state index is 0. The molecule has 0 saturated carbocycles. The first-order valence-electron chi connectivity index (χ1n) is 4.57. The van der Waals surface area contributed by atoms with E-state index in [2.05, 4.69) is 23.3 Å². The minimum Gasteiger partial charge on any atom is -0.399 e. The lowest BCUT2D eigenvalue weighted by Gasteiger charge is -2.18. The number of rotatable bonds is 0. The number of halogens is 1. The maximum Gasteiger partial charge on any atom is 0.0411 e. The molecule has 0 atom stereocenters. The summed E-state index contributed by atoms with van der Waals surface area (Å²) in [6.45, 7) is 3.01. The van der Waals surface area contributed by atoms with E-state index in [0.717, 1.165) is 25.3 Å². The number of hydrogen-bond acceptors (Lipinski definition) is 3. The van der Waals surface area contributed by atoms with Gasteiger partial charge in [0.1, 0.15) is 0 Å². The van der Waals surface area contributed by atoms with Crippen LogP contribution in [0.15, 0.2) is 18.2 Å². The minimum absolute atomic E-state index is 0. The molecule has 0 bridgehead atoms. The molecule has 3 nitrogen and oxygen atoms in total. The number of benzene rings is 1. The van der Waals surface area contributed by atoms with Crippen LogP contribution in [0, 0.1) is 0 Å². The molecule has 78 valence electrons. The average Bonchev–Trinajstić information content (AvgIpc) is 2.28. The third kappa shape index (κ3) is 2.11. The van der Waals surface area contributed by atoms with Gasteiger partial charge in [-0.25, -0.2) is 0 Å². The summed E-state index contributed by atoms with van der Waals surface area (Å²) in [6.07, 6.45) is 0. The van der Waals surface area contributed by atoms with Gasteiger partial charge >= 0.3 is 0 Å². The van der Waals surface area contributed by atoms with Gasteiger partial charge in [0.15, 0.2) is 0 Å². The normalized spacial score (nSPS) is 15.4. The summed E-state index contributed by atoms with van der Waals surface area (Å²) in [5.41, 5.74) is 9.16. The molecule has 1 aromatic rings. The summed E-state index contributed by atoms with van der Waals surface area (Å²) in [7, 11) is 2.11. The molecule has 0 aliphatic carbocycles. The molecule has 1 aromatic carbocycles. The summed E-state index contributed by atoms with van der Waals surface area (Å²) >= 11 is 0. The number of nitrogen functional groups attached to an aromatic ring is 1. The fourth-order valence-corrected chi connectivity index (χ4v) is 1.71. The lowest BCUT2D eigenvalue weighted by atomic mass is 10.1. The highest BCUT2D eigenvalue weighted by Crippen LogP contribution is 2.23. The van der Waals surface area contributed by atoms with Crippen LogP contribution in [0.2, 0.25) is 0 Å². The van der Waals surface area contributed by atoms with Gasteiger partial charge in [0.05, 0.1) is 0 Å². The molecular weight excluding hydrogens is 198 g/mol. The van der Waals surface area contributed by atoms with E-state index in [9.17, 15) is 0 Å². The van der Waals surface area contributed by atoms with Crippen LogP contribution in [0.5, 0.6) is 0 Å². The van der Waals surface area contributed by atoms with Crippen molar-refractivity contribution in [2.45, 2.75) is 6.54 Å². The number of likely N-dealkylation sites (N-methyl/N-ethyl adjacent to an activating group) is 1.